The highest BCUT2D eigenvalue weighted by Gasteiger charge is 2.13. The molecule has 3 amide bonds. The van der Waals surface area contributed by atoms with Gasteiger partial charge in [0.25, 0.3) is 5.91 Å². The Hall–Kier alpha value is -2.28. The Kier molecular flexibility index (Phi) is 7.34. The number of amides is 3. The minimum atomic E-state index is -0.733. The molecule has 23 heavy (non-hydrogen) atoms. The summed E-state index contributed by atoms with van der Waals surface area (Å²) in [5.74, 6) is -1.01. The predicted octanol–water partition coefficient (Wildman–Crippen LogP) is 1.95. The van der Waals surface area contributed by atoms with Gasteiger partial charge < -0.3 is 15.8 Å². The average molecular weight is 342 g/mol. The Morgan fingerprint density at radius 3 is 2.61 bits per heavy atom. The number of anilines is 1. The van der Waals surface area contributed by atoms with Crippen LogP contribution in [-0.2, 0) is 9.53 Å². The zero-order valence-corrected chi connectivity index (χ0v) is 13.8. The van der Waals surface area contributed by atoms with Crippen molar-refractivity contribution in [3.05, 3.63) is 28.8 Å². The number of hydrogen-bond donors (Lipinski definition) is 3. The predicted molar refractivity (Wildman–Crippen MR) is 87.1 cm³/mol. The van der Waals surface area contributed by atoms with Crippen LogP contribution in [0.1, 0.15) is 30.6 Å². The van der Waals surface area contributed by atoms with Gasteiger partial charge in [0, 0.05) is 6.54 Å². The first-order chi connectivity index (χ1) is 10.8. The lowest BCUT2D eigenvalue weighted by atomic mass is 10.1. The van der Waals surface area contributed by atoms with E-state index < -0.39 is 24.5 Å². The van der Waals surface area contributed by atoms with Gasteiger partial charge in [0.2, 0.25) is 0 Å². The molecule has 1 rings (SSSR count). The summed E-state index contributed by atoms with van der Waals surface area (Å²) in [4.78, 5) is 34.7. The molecule has 1 aromatic carbocycles. The van der Waals surface area contributed by atoms with Crippen LogP contribution in [0.4, 0.5) is 10.5 Å². The summed E-state index contributed by atoms with van der Waals surface area (Å²) >= 11 is 5.75. The van der Waals surface area contributed by atoms with E-state index in [-0.39, 0.29) is 11.3 Å². The van der Waals surface area contributed by atoms with Crippen molar-refractivity contribution < 1.29 is 19.1 Å². The maximum absolute atomic E-state index is 11.7. The molecule has 0 saturated carbocycles. The van der Waals surface area contributed by atoms with E-state index in [4.69, 9.17) is 22.1 Å². The molecule has 8 heteroatoms. The Labute approximate surface area is 139 Å². The van der Waals surface area contributed by atoms with Gasteiger partial charge in [0.15, 0.2) is 6.61 Å². The zero-order chi connectivity index (χ0) is 17.4. The summed E-state index contributed by atoms with van der Waals surface area (Å²) in [5, 5.41) is 4.92. The molecule has 0 bridgehead atoms. The summed E-state index contributed by atoms with van der Waals surface area (Å²) in [6.07, 6.45) is 0.800. The number of hydrogen-bond acceptors (Lipinski definition) is 5. The molecule has 0 atom stereocenters. The molecule has 0 radical (unpaired) electrons. The van der Waals surface area contributed by atoms with Crippen LogP contribution in [-0.4, -0.2) is 31.1 Å². The lowest BCUT2D eigenvalue weighted by molar-refractivity contribution is -0.123. The van der Waals surface area contributed by atoms with E-state index >= 15 is 0 Å². The highest BCUT2D eigenvalue weighted by molar-refractivity contribution is 6.33. The smallest absolute Gasteiger partial charge is 0.338 e. The average Bonchev–Trinajstić information content (AvgIpc) is 2.47. The van der Waals surface area contributed by atoms with Crippen molar-refractivity contribution in [1.29, 1.82) is 0 Å². The van der Waals surface area contributed by atoms with Gasteiger partial charge >= 0.3 is 12.0 Å². The molecule has 0 unspecified atom stereocenters. The van der Waals surface area contributed by atoms with E-state index in [2.05, 4.69) is 10.6 Å². The molecule has 0 spiro atoms. The number of nitrogens with one attached hydrogen (secondary N) is 2. The number of halogens is 1. The summed E-state index contributed by atoms with van der Waals surface area (Å²) in [6.45, 7) is 3.93. The fourth-order valence-electron chi connectivity index (χ4n) is 1.57. The second-order valence-corrected chi connectivity index (χ2v) is 5.71. The largest absolute Gasteiger partial charge is 0.452 e. The molecular weight excluding hydrogens is 322 g/mol. The van der Waals surface area contributed by atoms with Gasteiger partial charge in [-0.1, -0.05) is 25.4 Å². The molecule has 126 valence electrons. The molecule has 0 aliphatic rings. The Morgan fingerprint density at radius 1 is 1.30 bits per heavy atom. The van der Waals surface area contributed by atoms with E-state index in [9.17, 15) is 14.4 Å². The minimum absolute atomic E-state index is 0.168. The molecule has 4 N–H and O–H groups in total. The number of esters is 1. The Balaban J connectivity index is 2.36. The number of nitrogens with two attached hydrogens (primary N) is 1. The number of nitrogen functional groups attached to an aromatic ring is 1. The SMILES string of the molecule is CC(C)CCNC(=O)NC(=O)COC(=O)c1ccc(Cl)c(N)c1. The normalized spacial score (nSPS) is 10.3. The summed E-state index contributed by atoms with van der Waals surface area (Å²) in [7, 11) is 0. The third-order valence-corrected chi connectivity index (χ3v) is 3.17. The van der Waals surface area contributed by atoms with Crippen molar-refractivity contribution in [3.8, 4) is 0 Å². The number of carbonyl (C=O) groups is 3. The quantitative estimate of drug-likeness (QED) is 0.541. The van der Waals surface area contributed by atoms with Gasteiger partial charge in [-0.15, -0.1) is 0 Å². The first-order valence-corrected chi connectivity index (χ1v) is 7.47. The van der Waals surface area contributed by atoms with Crippen LogP contribution < -0.4 is 16.4 Å². The second kappa shape index (κ2) is 8.99. The molecule has 0 saturated heterocycles. The Bertz CT molecular complexity index is 590. The van der Waals surface area contributed by atoms with Gasteiger partial charge in [0.1, 0.15) is 0 Å². The highest BCUT2D eigenvalue weighted by Crippen LogP contribution is 2.19. The van der Waals surface area contributed by atoms with Crippen molar-refractivity contribution in [2.24, 2.45) is 5.92 Å². The monoisotopic (exact) mass is 341 g/mol. The van der Waals surface area contributed by atoms with Crippen molar-refractivity contribution in [1.82, 2.24) is 10.6 Å². The van der Waals surface area contributed by atoms with Crippen LogP contribution in [0.25, 0.3) is 0 Å². The highest BCUT2D eigenvalue weighted by atomic mass is 35.5. The van der Waals surface area contributed by atoms with Crippen molar-refractivity contribution in [2.75, 3.05) is 18.9 Å². The van der Waals surface area contributed by atoms with Crippen molar-refractivity contribution >= 4 is 35.2 Å². The lowest BCUT2D eigenvalue weighted by Gasteiger charge is -2.09. The first kappa shape index (κ1) is 18.8. The zero-order valence-electron chi connectivity index (χ0n) is 13.0. The standard InChI is InChI=1S/C15H20ClN3O4/c1-9(2)5-6-18-15(22)19-13(20)8-23-14(21)10-3-4-11(16)12(17)7-10/h3-4,7,9H,5-6,8,17H2,1-2H3,(H2,18,19,20,22). The van der Waals surface area contributed by atoms with Crippen LogP contribution in [0.15, 0.2) is 18.2 Å². The third-order valence-electron chi connectivity index (χ3n) is 2.83. The van der Waals surface area contributed by atoms with Gasteiger partial charge in [-0.3, -0.25) is 10.1 Å². The third kappa shape index (κ3) is 7.01. The number of ether oxygens (including phenoxy) is 1. The van der Waals surface area contributed by atoms with E-state index in [1.165, 1.54) is 18.2 Å². The molecular formula is C15H20ClN3O4. The van der Waals surface area contributed by atoms with Crippen molar-refractivity contribution in [3.63, 3.8) is 0 Å². The number of carbonyl (C=O) groups excluding carboxylic acids is 3. The van der Waals surface area contributed by atoms with Crippen LogP contribution in [0.2, 0.25) is 5.02 Å². The molecule has 7 nitrogen and oxygen atoms in total. The molecule has 0 aliphatic heterocycles. The van der Waals surface area contributed by atoms with Gasteiger partial charge in [-0.2, -0.15) is 0 Å². The molecule has 1 aromatic rings. The van der Waals surface area contributed by atoms with Crippen LogP contribution in [0.5, 0.6) is 0 Å². The van der Waals surface area contributed by atoms with E-state index in [0.29, 0.717) is 17.5 Å². The number of rotatable bonds is 6. The molecule has 0 fully saturated rings. The fourth-order valence-corrected chi connectivity index (χ4v) is 1.68. The molecule has 0 heterocycles. The molecule has 0 aromatic heterocycles. The van der Waals surface area contributed by atoms with E-state index in [1.54, 1.807) is 0 Å². The number of imide groups is 1. The maximum atomic E-state index is 11.7. The molecule has 0 aliphatic carbocycles. The van der Waals surface area contributed by atoms with E-state index in [0.717, 1.165) is 6.42 Å². The van der Waals surface area contributed by atoms with E-state index in [1.807, 2.05) is 13.8 Å². The number of benzene rings is 1. The van der Waals surface area contributed by atoms with Crippen LogP contribution in [0.3, 0.4) is 0 Å². The first-order valence-electron chi connectivity index (χ1n) is 7.09. The summed E-state index contributed by atoms with van der Waals surface area (Å²) < 4.78 is 4.80. The topological polar surface area (TPSA) is 111 Å². The maximum Gasteiger partial charge on any atom is 0.338 e. The number of urea groups is 1. The second-order valence-electron chi connectivity index (χ2n) is 5.30. The van der Waals surface area contributed by atoms with Gasteiger partial charge in [0.05, 0.1) is 16.3 Å². The van der Waals surface area contributed by atoms with Crippen molar-refractivity contribution in [2.45, 2.75) is 20.3 Å². The fraction of sp³-hybridized carbons (Fsp3) is 0.400. The summed E-state index contributed by atoms with van der Waals surface area (Å²) in [5.41, 5.74) is 5.98. The van der Waals surface area contributed by atoms with Gasteiger partial charge in [-0.05, 0) is 30.5 Å². The Morgan fingerprint density at radius 2 is 2.00 bits per heavy atom. The van der Waals surface area contributed by atoms with Gasteiger partial charge in [-0.25, -0.2) is 9.59 Å². The lowest BCUT2D eigenvalue weighted by Crippen LogP contribution is -2.41. The van der Waals surface area contributed by atoms with Crippen LogP contribution >= 0.6 is 11.6 Å². The minimum Gasteiger partial charge on any atom is -0.452 e. The summed E-state index contributed by atoms with van der Waals surface area (Å²) in [6, 6.07) is 3.61. The van der Waals surface area contributed by atoms with Crippen LogP contribution in [0, 0.1) is 5.92 Å².